The molecule has 0 bridgehead atoms. The van der Waals surface area contributed by atoms with Crippen molar-refractivity contribution in [3.8, 4) is 23.3 Å². The van der Waals surface area contributed by atoms with E-state index in [0.29, 0.717) is 35.1 Å². The molecule has 188 valence electrons. The van der Waals surface area contributed by atoms with E-state index >= 15 is 0 Å². The predicted molar refractivity (Wildman–Crippen MR) is 134 cm³/mol. The van der Waals surface area contributed by atoms with Crippen molar-refractivity contribution in [2.45, 2.75) is 51.4 Å². The van der Waals surface area contributed by atoms with Crippen LogP contribution in [0.5, 0.6) is 11.5 Å². The van der Waals surface area contributed by atoms with E-state index in [1.54, 1.807) is 12.1 Å². The van der Waals surface area contributed by atoms with Gasteiger partial charge in [-0.25, -0.2) is 4.39 Å². The number of nitrogens with two attached hydrogens (primary N) is 1. The second-order valence-corrected chi connectivity index (χ2v) is 9.50. The Morgan fingerprint density at radius 3 is 2.54 bits per heavy atom. The van der Waals surface area contributed by atoms with Crippen LogP contribution in [0.4, 0.5) is 4.39 Å². The quantitative estimate of drug-likeness (QED) is 0.562. The normalized spacial score (nSPS) is 19.9. The first kappa shape index (κ1) is 26.3. The molecule has 3 atom stereocenters. The van der Waals surface area contributed by atoms with Crippen molar-refractivity contribution < 1.29 is 23.5 Å². The standard InChI is InChI=1S/C27H34FN3O4/c1-7-17-21(30-26(33)24(17)28)11-13-35-22-9-8-16(10-12-27(2,3)31(4)5)18-14-20(25(29)32)23(34-6)15-19(18)22/h8-9,14-15,17,21,24H,7,11,13H2,1-6H3,(H2,29,32)(H,30,33)/t17-,21+,24-/m0/s1. The summed E-state index contributed by atoms with van der Waals surface area (Å²) in [6.45, 7) is 6.19. The van der Waals surface area contributed by atoms with Gasteiger partial charge < -0.3 is 20.5 Å². The molecule has 3 rings (SSSR count). The van der Waals surface area contributed by atoms with Gasteiger partial charge in [0.05, 0.1) is 24.8 Å². The van der Waals surface area contributed by atoms with E-state index in [0.717, 1.165) is 5.56 Å². The molecule has 0 radical (unpaired) electrons. The maximum atomic E-state index is 14.1. The molecule has 0 unspecified atom stereocenters. The molecule has 2 aromatic carbocycles. The average Bonchev–Trinajstić information content (AvgIpc) is 3.09. The number of primary amides is 1. The number of halogens is 1. The number of carbonyl (C=O) groups is 2. The van der Waals surface area contributed by atoms with Crippen LogP contribution in [0.2, 0.25) is 0 Å². The fourth-order valence-electron chi connectivity index (χ4n) is 4.11. The summed E-state index contributed by atoms with van der Waals surface area (Å²) in [6, 6.07) is 6.78. The zero-order chi connectivity index (χ0) is 25.9. The highest BCUT2D eigenvalue weighted by atomic mass is 19.1. The average molecular weight is 484 g/mol. The van der Waals surface area contributed by atoms with Gasteiger partial charge in [-0.2, -0.15) is 0 Å². The van der Waals surface area contributed by atoms with Crippen molar-refractivity contribution in [1.82, 2.24) is 10.2 Å². The Morgan fingerprint density at radius 1 is 1.23 bits per heavy atom. The predicted octanol–water partition coefficient (Wildman–Crippen LogP) is 3.27. The molecule has 8 heteroatoms. The maximum Gasteiger partial charge on any atom is 0.255 e. The van der Waals surface area contributed by atoms with Gasteiger partial charge in [0, 0.05) is 34.7 Å². The summed E-state index contributed by atoms with van der Waals surface area (Å²) >= 11 is 0. The molecule has 0 spiro atoms. The van der Waals surface area contributed by atoms with Gasteiger partial charge in [-0.3, -0.25) is 14.5 Å². The summed E-state index contributed by atoms with van der Waals surface area (Å²) in [5, 5.41) is 4.15. The number of ether oxygens (including phenoxy) is 2. The van der Waals surface area contributed by atoms with Crippen molar-refractivity contribution in [1.29, 1.82) is 0 Å². The third-order valence-corrected chi connectivity index (χ3v) is 6.81. The summed E-state index contributed by atoms with van der Waals surface area (Å²) in [7, 11) is 5.39. The zero-order valence-corrected chi connectivity index (χ0v) is 21.2. The summed E-state index contributed by atoms with van der Waals surface area (Å²) in [4.78, 5) is 25.8. The highest BCUT2D eigenvalue weighted by Crippen LogP contribution is 2.35. The highest BCUT2D eigenvalue weighted by Gasteiger charge is 2.41. The van der Waals surface area contributed by atoms with Crippen LogP contribution in [-0.4, -0.2) is 62.3 Å². The molecular formula is C27H34FN3O4. The number of nitrogens with one attached hydrogen (secondary N) is 1. The fraction of sp³-hybridized carbons (Fsp3) is 0.481. The van der Waals surface area contributed by atoms with Crippen molar-refractivity contribution in [2.75, 3.05) is 27.8 Å². The molecule has 1 fully saturated rings. The Labute approximate surface area is 206 Å². The fourth-order valence-corrected chi connectivity index (χ4v) is 4.11. The van der Waals surface area contributed by atoms with Crippen LogP contribution in [0.3, 0.4) is 0 Å². The van der Waals surface area contributed by atoms with Gasteiger partial charge >= 0.3 is 0 Å². The van der Waals surface area contributed by atoms with Gasteiger partial charge in [-0.1, -0.05) is 18.8 Å². The van der Waals surface area contributed by atoms with E-state index in [1.165, 1.54) is 7.11 Å². The van der Waals surface area contributed by atoms with Gasteiger partial charge in [0.2, 0.25) is 0 Å². The summed E-state index contributed by atoms with van der Waals surface area (Å²) in [5.41, 5.74) is 6.20. The van der Waals surface area contributed by atoms with Crippen LogP contribution in [-0.2, 0) is 4.79 Å². The Morgan fingerprint density at radius 2 is 1.94 bits per heavy atom. The van der Waals surface area contributed by atoms with Gasteiger partial charge in [0.1, 0.15) is 11.5 Å². The van der Waals surface area contributed by atoms with E-state index in [1.807, 2.05) is 51.9 Å². The number of benzene rings is 2. The van der Waals surface area contributed by atoms with E-state index in [-0.39, 0.29) is 29.7 Å². The van der Waals surface area contributed by atoms with Crippen LogP contribution >= 0.6 is 0 Å². The van der Waals surface area contributed by atoms with Crippen LogP contribution in [0.1, 0.15) is 49.5 Å². The Hall–Kier alpha value is -3.31. The largest absolute Gasteiger partial charge is 0.496 e. The van der Waals surface area contributed by atoms with Crippen LogP contribution < -0.4 is 20.5 Å². The number of rotatable bonds is 8. The summed E-state index contributed by atoms with van der Waals surface area (Å²) in [5.74, 6) is 5.89. The molecule has 0 aliphatic carbocycles. The van der Waals surface area contributed by atoms with E-state index in [9.17, 15) is 14.0 Å². The number of hydrogen-bond donors (Lipinski definition) is 2. The van der Waals surface area contributed by atoms with Gasteiger partial charge in [0.25, 0.3) is 11.8 Å². The lowest BCUT2D eigenvalue weighted by Crippen LogP contribution is -2.36. The minimum Gasteiger partial charge on any atom is -0.496 e. The lowest BCUT2D eigenvalue weighted by molar-refractivity contribution is -0.123. The lowest BCUT2D eigenvalue weighted by atomic mass is 9.94. The van der Waals surface area contributed by atoms with Crippen molar-refractivity contribution >= 4 is 22.6 Å². The molecule has 2 amide bonds. The number of amides is 2. The third-order valence-electron chi connectivity index (χ3n) is 6.81. The molecule has 7 nitrogen and oxygen atoms in total. The van der Waals surface area contributed by atoms with Crippen LogP contribution in [0, 0.1) is 17.8 Å². The molecule has 2 aromatic rings. The van der Waals surface area contributed by atoms with Crippen LogP contribution in [0.15, 0.2) is 24.3 Å². The van der Waals surface area contributed by atoms with Crippen molar-refractivity contribution in [2.24, 2.45) is 11.7 Å². The number of methoxy groups -OCH3 is 1. The molecule has 1 aliphatic heterocycles. The molecule has 0 saturated carbocycles. The Balaban J connectivity index is 1.98. The van der Waals surface area contributed by atoms with E-state index in [4.69, 9.17) is 15.2 Å². The first-order chi connectivity index (χ1) is 16.5. The SMILES string of the molecule is CC[C@@H]1[C@H](F)C(=O)N[C@@H]1CCOc1ccc(C#CC(C)(C)N(C)C)c2cc(C(N)=O)c(OC)cc12. The summed E-state index contributed by atoms with van der Waals surface area (Å²) in [6.07, 6.45) is -0.440. The molecule has 0 aromatic heterocycles. The lowest BCUT2D eigenvalue weighted by Gasteiger charge is -2.26. The maximum absolute atomic E-state index is 14.1. The number of carbonyl (C=O) groups excluding carboxylic acids is 2. The van der Waals surface area contributed by atoms with Gasteiger partial charge in [0.15, 0.2) is 6.17 Å². The van der Waals surface area contributed by atoms with E-state index in [2.05, 4.69) is 17.2 Å². The number of hydrogen-bond acceptors (Lipinski definition) is 5. The van der Waals surface area contributed by atoms with Gasteiger partial charge in [-0.05, 0) is 58.6 Å². The van der Waals surface area contributed by atoms with Crippen LogP contribution in [0.25, 0.3) is 10.8 Å². The first-order valence-corrected chi connectivity index (χ1v) is 11.7. The molecule has 35 heavy (non-hydrogen) atoms. The highest BCUT2D eigenvalue weighted by molar-refractivity contribution is 6.03. The molecular weight excluding hydrogens is 449 g/mol. The topological polar surface area (TPSA) is 93.9 Å². The minimum atomic E-state index is -1.48. The number of alkyl halides is 1. The monoisotopic (exact) mass is 483 g/mol. The molecule has 1 aliphatic rings. The molecule has 3 N–H and O–H groups in total. The first-order valence-electron chi connectivity index (χ1n) is 11.7. The second-order valence-electron chi connectivity index (χ2n) is 9.50. The zero-order valence-electron chi connectivity index (χ0n) is 21.2. The van der Waals surface area contributed by atoms with Crippen molar-refractivity contribution in [3.63, 3.8) is 0 Å². The van der Waals surface area contributed by atoms with Crippen molar-refractivity contribution in [3.05, 3.63) is 35.4 Å². The number of nitrogens with zero attached hydrogens (tertiary/aromatic N) is 1. The second kappa shape index (κ2) is 10.5. The summed E-state index contributed by atoms with van der Waals surface area (Å²) < 4.78 is 25.6. The van der Waals surface area contributed by atoms with Gasteiger partial charge in [-0.15, -0.1) is 0 Å². The Bertz CT molecular complexity index is 1180. The van der Waals surface area contributed by atoms with E-state index < -0.39 is 18.0 Å². The molecule has 1 heterocycles. The number of fused-ring (bicyclic) bond motifs is 1. The third kappa shape index (κ3) is 5.51. The Kier molecular flexibility index (Phi) is 7.91. The minimum absolute atomic E-state index is 0.250. The smallest absolute Gasteiger partial charge is 0.255 e. The molecule has 1 saturated heterocycles.